The largest absolute Gasteiger partial charge is 0.298 e. The van der Waals surface area contributed by atoms with Gasteiger partial charge in [-0.15, -0.1) is 0 Å². The van der Waals surface area contributed by atoms with Crippen LogP contribution in [0.1, 0.15) is 37.2 Å². The van der Waals surface area contributed by atoms with Crippen molar-refractivity contribution in [3.05, 3.63) is 35.9 Å². The summed E-state index contributed by atoms with van der Waals surface area (Å²) < 4.78 is 0. The van der Waals surface area contributed by atoms with Crippen molar-refractivity contribution in [2.45, 2.75) is 43.7 Å². The van der Waals surface area contributed by atoms with Gasteiger partial charge in [0.15, 0.2) is 0 Å². The fourth-order valence-corrected chi connectivity index (χ4v) is 5.17. The second-order valence-corrected chi connectivity index (χ2v) is 7.56. The van der Waals surface area contributed by atoms with E-state index in [0.717, 1.165) is 19.3 Å². The molecule has 3 rings (SSSR count). The Morgan fingerprint density at radius 3 is 2.67 bits per heavy atom. The maximum Gasteiger partial charge on any atom is 0.0672 e. The Bertz CT molecular complexity index is 490. The Morgan fingerprint density at radius 1 is 1.19 bits per heavy atom. The van der Waals surface area contributed by atoms with Crippen LogP contribution in [0, 0.1) is 17.2 Å². The van der Waals surface area contributed by atoms with Crippen molar-refractivity contribution in [3.8, 4) is 6.07 Å². The molecule has 0 spiro atoms. The Kier molecular flexibility index (Phi) is 4.87. The molecule has 112 valence electrons. The van der Waals surface area contributed by atoms with Crippen LogP contribution in [0.3, 0.4) is 0 Å². The van der Waals surface area contributed by atoms with Crippen molar-refractivity contribution in [1.82, 2.24) is 4.90 Å². The Hall–Kier alpha value is -0.980. The highest BCUT2D eigenvalue weighted by atomic mass is 32.2. The monoisotopic (exact) mass is 300 g/mol. The molecule has 0 N–H and O–H groups in total. The number of nitrogens with zero attached hydrogens (tertiary/aromatic N) is 2. The Labute approximate surface area is 132 Å². The van der Waals surface area contributed by atoms with Crippen molar-refractivity contribution in [2.75, 3.05) is 18.6 Å². The fraction of sp³-hybridized carbons (Fsp3) is 0.611. The van der Waals surface area contributed by atoms with Crippen molar-refractivity contribution >= 4 is 11.8 Å². The highest BCUT2D eigenvalue weighted by Gasteiger charge is 2.36. The molecule has 1 aromatic carbocycles. The molecule has 0 bridgehead atoms. The summed E-state index contributed by atoms with van der Waals surface area (Å²) in [6, 6.07) is 14.5. The summed E-state index contributed by atoms with van der Waals surface area (Å²) in [5.41, 5.74) is 1.45. The predicted molar refractivity (Wildman–Crippen MR) is 89.4 cm³/mol. The molecule has 1 aliphatic heterocycles. The van der Waals surface area contributed by atoms with Gasteiger partial charge in [-0.2, -0.15) is 17.0 Å². The number of rotatable bonds is 3. The highest BCUT2D eigenvalue weighted by molar-refractivity contribution is 7.99. The van der Waals surface area contributed by atoms with Gasteiger partial charge < -0.3 is 0 Å². The van der Waals surface area contributed by atoms with E-state index in [9.17, 15) is 5.26 Å². The van der Waals surface area contributed by atoms with E-state index in [1.54, 1.807) is 0 Å². The lowest BCUT2D eigenvalue weighted by Crippen LogP contribution is -2.46. The van der Waals surface area contributed by atoms with E-state index in [2.05, 4.69) is 60.1 Å². The molecule has 4 unspecified atom stereocenters. The first kappa shape index (κ1) is 14.9. The lowest BCUT2D eigenvalue weighted by molar-refractivity contribution is 0.112. The number of nitriles is 1. The molecule has 0 radical (unpaired) electrons. The smallest absolute Gasteiger partial charge is 0.0672 e. The minimum Gasteiger partial charge on any atom is -0.298 e. The van der Waals surface area contributed by atoms with Gasteiger partial charge in [-0.05, 0) is 50.0 Å². The SMILES string of the molecule is CN(C1CCSC1)C1CC(c2ccccc2)CCC1C#N. The predicted octanol–water partition coefficient (Wildman–Crippen LogP) is 3.90. The maximum absolute atomic E-state index is 9.53. The Balaban J connectivity index is 1.74. The number of hydrogen-bond donors (Lipinski definition) is 0. The lowest BCUT2D eigenvalue weighted by atomic mass is 9.75. The minimum absolute atomic E-state index is 0.209. The van der Waals surface area contributed by atoms with Gasteiger partial charge in [0.25, 0.3) is 0 Å². The molecule has 2 fully saturated rings. The van der Waals surface area contributed by atoms with E-state index in [0.29, 0.717) is 18.0 Å². The van der Waals surface area contributed by atoms with Crippen molar-refractivity contribution < 1.29 is 0 Å². The Morgan fingerprint density at radius 2 is 2.00 bits per heavy atom. The quantitative estimate of drug-likeness (QED) is 0.847. The standard InChI is InChI=1S/C18H24N2S/c1-20(17-9-10-21-13-17)18-11-15(7-8-16(18)12-19)14-5-3-2-4-6-14/h2-6,15-18H,7-11,13H2,1H3. The van der Waals surface area contributed by atoms with Crippen LogP contribution in [0.4, 0.5) is 0 Å². The van der Waals surface area contributed by atoms with Gasteiger partial charge in [0.2, 0.25) is 0 Å². The number of thioether (sulfide) groups is 1. The van der Waals surface area contributed by atoms with Crippen LogP contribution < -0.4 is 0 Å². The van der Waals surface area contributed by atoms with Crippen molar-refractivity contribution in [1.29, 1.82) is 5.26 Å². The second-order valence-electron chi connectivity index (χ2n) is 6.41. The molecule has 3 heteroatoms. The zero-order valence-electron chi connectivity index (χ0n) is 12.7. The number of benzene rings is 1. The molecule has 1 aliphatic carbocycles. The van der Waals surface area contributed by atoms with Gasteiger partial charge in [0, 0.05) is 17.8 Å². The van der Waals surface area contributed by atoms with E-state index < -0.39 is 0 Å². The molecule has 1 heterocycles. The minimum atomic E-state index is 0.209. The average Bonchev–Trinajstić information content (AvgIpc) is 3.09. The summed E-state index contributed by atoms with van der Waals surface area (Å²) in [6.45, 7) is 0. The second kappa shape index (κ2) is 6.85. The first-order chi connectivity index (χ1) is 10.3. The molecular formula is C18H24N2S. The van der Waals surface area contributed by atoms with Crippen molar-refractivity contribution in [2.24, 2.45) is 5.92 Å². The molecule has 0 amide bonds. The van der Waals surface area contributed by atoms with Gasteiger partial charge in [-0.1, -0.05) is 30.3 Å². The molecular weight excluding hydrogens is 276 g/mol. The fourth-order valence-electron chi connectivity index (χ4n) is 3.89. The van der Waals surface area contributed by atoms with E-state index in [-0.39, 0.29) is 5.92 Å². The van der Waals surface area contributed by atoms with Crippen molar-refractivity contribution in [3.63, 3.8) is 0 Å². The first-order valence-corrected chi connectivity index (χ1v) is 9.19. The van der Waals surface area contributed by atoms with Crippen LogP contribution >= 0.6 is 11.8 Å². The molecule has 21 heavy (non-hydrogen) atoms. The molecule has 0 aromatic heterocycles. The molecule has 2 aliphatic rings. The summed E-state index contributed by atoms with van der Waals surface area (Å²) in [4.78, 5) is 2.53. The van der Waals surface area contributed by atoms with Crippen LogP contribution in [0.25, 0.3) is 0 Å². The van der Waals surface area contributed by atoms with E-state index in [1.165, 1.54) is 23.5 Å². The van der Waals surface area contributed by atoms with Crippen LogP contribution in [0.5, 0.6) is 0 Å². The maximum atomic E-state index is 9.53. The third-order valence-corrected chi connectivity index (χ3v) is 6.40. The number of hydrogen-bond acceptors (Lipinski definition) is 3. The van der Waals surface area contributed by atoms with Crippen LogP contribution in [0.2, 0.25) is 0 Å². The zero-order valence-corrected chi connectivity index (χ0v) is 13.6. The van der Waals surface area contributed by atoms with E-state index in [4.69, 9.17) is 0 Å². The molecule has 4 atom stereocenters. The summed E-state index contributed by atoms with van der Waals surface area (Å²) in [5, 5.41) is 9.53. The molecule has 1 saturated carbocycles. The van der Waals surface area contributed by atoms with E-state index >= 15 is 0 Å². The zero-order chi connectivity index (χ0) is 14.7. The van der Waals surface area contributed by atoms with Crippen LogP contribution in [-0.2, 0) is 0 Å². The van der Waals surface area contributed by atoms with Gasteiger partial charge in [-0.3, -0.25) is 4.90 Å². The van der Waals surface area contributed by atoms with Gasteiger partial charge >= 0.3 is 0 Å². The topological polar surface area (TPSA) is 27.0 Å². The van der Waals surface area contributed by atoms with Gasteiger partial charge in [0.1, 0.15) is 0 Å². The third kappa shape index (κ3) is 3.27. The van der Waals surface area contributed by atoms with Crippen LogP contribution in [0.15, 0.2) is 30.3 Å². The summed E-state index contributed by atoms with van der Waals surface area (Å²) >= 11 is 2.06. The summed E-state index contributed by atoms with van der Waals surface area (Å²) in [6.07, 6.45) is 4.63. The molecule has 1 aromatic rings. The third-order valence-electron chi connectivity index (χ3n) is 5.26. The van der Waals surface area contributed by atoms with Gasteiger partial charge in [0.05, 0.1) is 12.0 Å². The van der Waals surface area contributed by atoms with Gasteiger partial charge in [-0.25, -0.2) is 0 Å². The normalized spacial score (nSPS) is 33.0. The van der Waals surface area contributed by atoms with E-state index in [1.807, 2.05) is 0 Å². The average molecular weight is 300 g/mol. The molecule has 1 saturated heterocycles. The summed E-state index contributed by atoms with van der Waals surface area (Å²) in [7, 11) is 2.25. The molecule has 2 nitrogen and oxygen atoms in total. The lowest BCUT2D eigenvalue weighted by Gasteiger charge is -2.41. The highest BCUT2D eigenvalue weighted by Crippen LogP contribution is 2.39. The van der Waals surface area contributed by atoms with Crippen LogP contribution in [-0.4, -0.2) is 35.5 Å². The summed E-state index contributed by atoms with van der Waals surface area (Å²) in [5.74, 6) is 3.35. The first-order valence-electron chi connectivity index (χ1n) is 8.04.